The highest BCUT2D eigenvalue weighted by Crippen LogP contribution is 2.32. The molecule has 1 aromatic rings. The molecule has 0 spiro atoms. The van der Waals surface area contributed by atoms with Gasteiger partial charge in [0, 0.05) is 24.7 Å². The van der Waals surface area contributed by atoms with Crippen LogP contribution in [0.5, 0.6) is 0 Å². The Balaban J connectivity index is 1.60. The molecule has 1 aromatic carbocycles. The highest BCUT2D eigenvalue weighted by Gasteiger charge is 2.35. The topological polar surface area (TPSA) is 32.3 Å². The SMILES string of the molecule is O=C(c1ccc(F)c(C(F)(F)F)c1)N1CCC(NCC2CC2)CC1. The first-order chi connectivity index (χ1) is 11.3. The smallest absolute Gasteiger partial charge is 0.339 e. The normalized spacial score (nSPS) is 19.6. The summed E-state index contributed by atoms with van der Waals surface area (Å²) in [5, 5.41) is 3.48. The van der Waals surface area contributed by atoms with Crippen LogP contribution >= 0.6 is 0 Å². The predicted molar refractivity (Wildman–Crippen MR) is 81.1 cm³/mol. The second kappa shape index (κ2) is 6.70. The molecule has 132 valence electrons. The molecule has 1 saturated heterocycles. The molecule has 2 fully saturated rings. The van der Waals surface area contributed by atoms with Crippen LogP contribution in [0.25, 0.3) is 0 Å². The molecule has 7 heteroatoms. The second-order valence-corrected chi connectivity index (χ2v) is 6.61. The van der Waals surface area contributed by atoms with Gasteiger partial charge < -0.3 is 10.2 Å². The van der Waals surface area contributed by atoms with Crippen LogP contribution in [0, 0.1) is 11.7 Å². The fraction of sp³-hybridized carbons (Fsp3) is 0.588. The van der Waals surface area contributed by atoms with Crippen molar-refractivity contribution in [3.63, 3.8) is 0 Å². The van der Waals surface area contributed by atoms with Crippen LogP contribution in [0.2, 0.25) is 0 Å². The number of carbonyl (C=O) groups is 1. The maximum Gasteiger partial charge on any atom is 0.419 e. The number of alkyl halides is 3. The van der Waals surface area contributed by atoms with Crippen molar-refractivity contribution in [2.24, 2.45) is 5.92 Å². The molecular weight excluding hydrogens is 324 g/mol. The summed E-state index contributed by atoms with van der Waals surface area (Å²) in [6, 6.07) is 2.79. The van der Waals surface area contributed by atoms with Gasteiger partial charge in [-0.2, -0.15) is 13.2 Å². The van der Waals surface area contributed by atoms with Crippen molar-refractivity contribution in [3.8, 4) is 0 Å². The van der Waals surface area contributed by atoms with E-state index in [1.54, 1.807) is 4.90 Å². The lowest BCUT2D eigenvalue weighted by Gasteiger charge is -2.32. The summed E-state index contributed by atoms with van der Waals surface area (Å²) >= 11 is 0. The van der Waals surface area contributed by atoms with Crippen LogP contribution in [0.3, 0.4) is 0 Å². The molecule has 24 heavy (non-hydrogen) atoms. The molecule has 0 radical (unpaired) electrons. The summed E-state index contributed by atoms with van der Waals surface area (Å²) in [6.07, 6.45) is -0.690. The Morgan fingerprint density at radius 3 is 2.42 bits per heavy atom. The van der Waals surface area contributed by atoms with Crippen molar-refractivity contribution >= 4 is 5.91 Å². The van der Waals surface area contributed by atoms with Crippen molar-refractivity contribution in [1.82, 2.24) is 10.2 Å². The van der Waals surface area contributed by atoms with Gasteiger partial charge in [-0.15, -0.1) is 0 Å². The molecule has 1 N–H and O–H groups in total. The number of nitrogens with one attached hydrogen (secondary N) is 1. The van der Waals surface area contributed by atoms with Gasteiger partial charge in [-0.3, -0.25) is 4.79 Å². The number of carbonyl (C=O) groups excluding carboxylic acids is 1. The Morgan fingerprint density at radius 1 is 1.17 bits per heavy atom. The fourth-order valence-electron chi connectivity index (χ4n) is 3.00. The van der Waals surface area contributed by atoms with E-state index in [2.05, 4.69) is 5.32 Å². The maximum atomic E-state index is 13.3. The van der Waals surface area contributed by atoms with Crippen molar-refractivity contribution in [1.29, 1.82) is 0 Å². The predicted octanol–water partition coefficient (Wildman–Crippen LogP) is 3.45. The van der Waals surface area contributed by atoms with Gasteiger partial charge in [-0.25, -0.2) is 4.39 Å². The fourth-order valence-corrected chi connectivity index (χ4v) is 3.00. The second-order valence-electron chi connectivity index (χ2n) is 6.61. The van der Waals surface area contributed by atoms with E-state index in [-0.39, 0.29) is 5.56 Å². The monoisotopic (exact) mass is 344 g/mol. The van der Waals surface area contributed by atoms with Crippen LogP contribution in [-0.4, -0.2) is 36.5 Å². The number of piperidine rings is 1. The van der Waals surface area contributed by atoms with E-state index >= 15 is 0 Å². The molecule has 1 heterocycles. The Kier molecular flexibility index (Phi) is 4.80. The molecule has 0 aromatic heterocycles. The minimum absolute atomic E-state index is 0.117. The van der Waals surface area contributed by atoms with Gasteiger partial charge in [0.05, 0.1) is 5.56 Å². The lowest BCUT2D eigenvalue weighted by molar-refractivity contribution is -0.140. The third-order valence-corrected chi connectivity index (χ3v) is 4.69. The van der Waals surface area contributed by atoms with Crippen molar-refractivity contribution in [2.45, 2.75) is 37.9 Å². The minimum atomic E-state index is -4.81. The lowest BCUT2D eigenvalue weighted by atomic mass is 10.0. The number of amides is 1. The zero-order valence-corrected chi connectivity index (χ0v) is 13.2. The molecular formula is C17H20F4N2O. The van der Waals surface area contributed by atoms with Crippen LogP contribution in [0.15, 0.2) is 18.2 Å². The number of halogens is 4. The number of hydrogen-bond donors (Lipinski definition) is 1. The van der Waals surface area contributed by atoms with Crippen molar-refractivity contribution < 1.29 is 22.4 Å². The molecule has 2 aliphatic rings. The van der Waals surface area contributed by atoms with Gasteiger partial charge in [0.2, 0.25) is 0 Å². The van der Waals surface area contributed by atoms with Crippen molar-refractivity contribution in [3.05, 3.63) is 35.1 Å². The Labute approximate surface area is 138 Å². The Bertz CT molecular complexity index is 605. The summed E-state index contributed by atoms with van der Waals surface area (Å²) in [7, 11) is 0. The van der Waals surface area contributed by atoms with Gasteiger partial charge in [-0.05, 0) is 56.3 Å². The molecule has 3 rings (SSSR count). The molecule has 1 amide bonds. The Morgan fingerprint density at radius 2 is 1.83 bits per heavy atom. The van der Waals surface area contributed by atoms with Gasteiger partial charge in [0.1, 0.15) is 5.82 Å². The van der Waals surface area contributed by atoms with Gasteiger partial charge in [0.25, 0.3) is 5.91 Å². The zero-order chi connectivity index (χ0) is 17.3. The van der Waals surface area contributed by atoms with Crippen molar-refractivity contribution in [2.75, 3.05) is 19.6 Å². The largest absolute Gasteiger partial charge is 0.419 e. The molecule has 0 bridgehead atoms. The van der Waals surface area contributed by atoms with Crippen LogP contribution in [0.1, 0.15) is 41.6 Å². The molecule has 0 unspecified atom stereocenters. The maximum absolute atomic E-state index is 13.3. The van der Waals surface area contributed by atoms with E-state index < -0.39 is 23.5 Å². The molecule has 0 atom stereocenters. The highest BCUT2D eigenvalue weighted by atomic mass is 19.4. The van der Waals surface area contributed by atoms with Crippen LogP contribution < -0.4 is 5.32 Å². The number of hydrogen-bond acceptors (Lipinski definition) is 2. The Hall–Kier alpha value is -1.63. The number of rotatable bonds is 4. The first kappa shape index (κ1) is 17.2. The summed E-state index contributed by atoms with van der Waals surface area (Å²) in [4.78, 5) is 13.9. The quantitative estimate of drug-likeness (QED) is 0.849. The summed E-state index contributed by atoms with van der Waals surface area (Å²) in [5.41, 5.74) is -1.51. The van der Waals surface area contributed by atoms with Crippen LogP contribution in [0.4, 0.5) is 17.6 Å². The number of likely N-dealkylation sites (tertiary alicyclic amines) is 1. The third-order valence-electron chi connectivity index (χ3n) is 4.69. The first-order valence-electron chi connectivity index (χ1n) is 8.24. The van der Waals surface area contributed by atoms with E-state index in [4.69, 9.17) is 0 Å². The zero-order valence-electron chi connectivity index (χ0n) is 13.2. The standard InChI is InChI=1S/C17H20F4N2O/c18-15-4-3-12(9-14(15)17(19,20)21)16(24)23-7-5-13(6-8-23)22-10-11-1-2-11/h3-4,9,11,13,22H,1-2,5-8,10H2. The van der Waals surface area contributed by atoms with E-state index in [0.717, 1.165) is 31.4 Å². The number of benzene rings is 1. The van der Waals surface area contributed by atoms with Gasteiger partial charge in [0.15, 0.2) is 0 Å². The lowest BCUT2D eigenvalue weighted by Crippen LogP contribution is -2.45. The highest BCUT2D eigenvalue weighted by molar-refractivity contribution is 5.94. The van der Waals surface area contributed by atoms with Gasteiger partial charge >= 0.3 is 6.18 Å². The van der Waals surface area contributed by atoms with E-state index in [1.807, 2.05) is 0 Å². The summed E-state index contributed by atoms with van der Waals surface area (Å²) in [6.45, 7) is 2.01. The first-order valence-corrected chi connectivity index (χ1v) is 8.24. The molecule has 1 aliphatic carbocycles. The molecule has 1 aliphatic heterocycles. The third kappa shape index (κ3) is 4.06. The average Bonchev–Trinajstić information content (AvgIpc) is 3.36. The van der Waals surface area contributed by atoms with Crippen LogP contribution in [-0.2, 0) is 6.18 Å². The molecule has 1 saturated carbocycles. The summed E-state index contributed by atoms with van der Waals surface area (Å²) < 4.78 is 51.6. The minimum Gasteiger partial charge on any atom is -0.339 e. The average molecular weight is 344 g/mol. The van der Waals surface area contributed by atoms with E-state index in [9.17, 15) is 22.4 Å². The molecule has 3 nitrogen and oxygen atoms in total. The number of nitrogens with zero attached hydrogens (tertiary/aromatic N) is 1. The van der Waals surface area contributed by atoms with E-state index in [0.29, 0.717) is 31.3 Å². The summed E-state index contributed by atoms with van der Waals surface area (Å²) in [5.74, 6) is -1.05. The van der Waals surface area contributed by atoms with Gasteiger partial charge in [-0.1, -0.05) is 0 Å². The van der Waals surface area contributed by atoms with E-state index in [1.165, 1.54) is 12.8 Å².